The Morgan fingerprint density at radius 3 is 2.22 bits per heavy atom. The third kappa shape index (κ3) is 3.93. The molecule has 2 aliphatic heterocycles. The molecule has 0 spiro atoms. The van der Waals surface area contributed by atoms with Gasteiger partial charge >= 0.3 is 0 Å². The molecule has 1 aromatic carbocycles. The topological polar surface area (TPSA) is 35.6 Å². The second kappa shape index (κ2) is 7.56. The molecule has 4 nitrogen and oxygen atoms in total. The molecule has 0 radical (unpaired) electrons. The van der Waals surface area contributed by atoms with Crippen molar-refractivity contribution in [3.63, 3.8) is 0 Å². The van der Waals surface area contributed by atoms with Crippen molar-refractivity contribution in [2.75, 3.05) is 26.2 Å². The Kier molecular flexibility index (Phi) is 4.95. The normalized spacial score (nSPS) is 28.2. The lowest BCUT2D eigenvalue weighted by Gasteiger charge is -2.43. The number of piperidine rings is 2. The predicted molar refractivity (Wildman–Crippen MR) is 108 cm³/mol. The molecule has 0 aromatic heterocycles. The van der Waals surface area contributed by atoms with Gasteiger partial charge < -0.3 is 5.32 Å². The molecule has 0 bridgehead atoms. The molecular weight excluding hydrogens is 334 g/mol. The maximum absolute atomic E-state index is 12.5. The lowest BCUT2D eigenvalue weighted by Crippen LogP contribution is -2.52. The number of rotatable bonds is 4. The third-order valence-electron chi connectivity index (χ3n) is 7.31. The minimum Gasteiger partial charge on any atom is -0.353 e. The van der Waals surface area contributed by atoms with E-state index < -0.39 is 0 Å². The fraction of sp³-hybridized carbons (Fsp3) is 0.696. The van der Waals surface area contributed by atoms with Gasteiger partial charge in [-0.05, 0) is 82.1 Å². The van der Waals surface area contributed by atoms with Crippen molar-refractivity contribution in [3.05, 3.63) is 35.4 Å². The second-order valence-corrected chi connectivity index (χ2v) is 9.21. The van der Waals surface area contributed by atoms with E-state index in [9.17, 15) is 4.79 Å². The Labute approximate surface area is 163 Å². The van der Waals surface area contributed by atoms with Crippen LogP contribution in [0.1, 0.15) is 49.7 Å². The fourth-order valence-electron chi connectivity index (χ4n) is 5.51. The Morgan fingerprint density at radius 2 is 1.56 bits per heavy atom. The van der Waals surface area contributed by atoms with E-state index in [4.69, 9.17) is 0 Å². The van der Waals surface area contributed by atoms with Crippen molar-refractivity contribution in [2.24, 2.45) is 5.92 Å². The van der Waals surface area contributed by atoms with Crippen LogP contribution in [0.3, 0.4) is 0 Å². The van der Waals surface area contributed by atoms with Gasteiger partial charge in [0.05, 0.1) is 5.92 Å². The number of hydrogen-bond donors (Lipinski definition) is 1. The van der Waals surface area contributed by atoms with Crippen LogP contribution in [0.5, 0.6) is 0 Å². The highest BCUT2D eigenvalue weighted by Crippen LogP contribution is 2.30. The van der Waals surface area contributed by atoms with Crippen LogP contribution in [0.15, 0.2) is 24.3 Å². The maximum Gasteiger partial charge on any atom is 0.224 e. The highest BCUT2D eigenvalue weighted by molar-refractivity contribution is 5.79. The van der Waals surface area contributed by atoms with Crippen molar-refractivity contribution in [2.45, 2.75) is 69.5 Å². The summed E-state index contributed by atoms with van der Waals surface area (Å²) in [7, 11) is 0. The van der Waals surface area contributed by atoms with Gasteiger partial charge in [-0.15, -0.1) is 0 Å². The first-order valence-electron chi connectivity index (χ1n) is 11.1. The van der Waals surface area contributed by atoms with Crippen molar-refractivity contribution in [1.29, 1.82) is 0 Å². The summed E-state index contributed by atoms with van der Waals surface area (Å²) in [5, 5.41) is 3.23. The number of amides is 1. The molecule has 1 atom stereocenters. The van der Waals surface area contributed by atoms with Gasteiger partial charge in [0.1, 0.15) is 0 Å². The number of carbonyl (C=O) groups excluding carboxylic acids is 1. The van der Waals surface area contributed by atoms with Crippen LogP contribution in [0.25, 0.3) is 0 Å². The van der Waals surface area contributed by atoms with E-state index in [2.05, 4.69) is 39.4 Å². The minimum atomic E-state index is 0.224. The summed E-state index contributed by atoms with van der Waals surface area (Å²) in [6, 6.07) is 10.9. The van der Waals surface area contributed by atoms with Crippen molar-refractivity contribution < 1.29 is 4.79 Å². The van der Waals surface area contributed by atoms with Crippen LogP contribution in [0.2, 0.25) is 0 Å². The molecule has 1 amide bonds. The molecule has 1 saturated carbocycles. The number of likely N-dealkylation sites (tertiary alicyclic amines) is 2. The minimum absolute atomic E-state index is 0.224. The first-order chi connectivity index (χ1) is 13.3. The summed E-state index contributed by atoms with van der Waals surface area (Å²) >= 11 is 0. The molecule has 2 aliphatic carbocycles. The summed E-state index contributed by atoms with van der Waals surface area (Å²) in [5.41, 5.74) is 3.12. The Balaban J connectivity index is 1.12. The van der Waals surface area contributed by atoms with E-state index in [-0.39, 0.29) is 5.92 Å². The molecule has 2 heterocycles. The van der Waals surface area contributed by atoms with Crippen LogP contribution < -0.4 is 5.32 Å². The summed E-state index contributed by atoms with van der Waals surface area (Å²) < 4.78 is 0. The lowest BCUT2D eigenvalue weighted by molar-refractivity contribution is -0.127. The van der Waals surface area contributed by atoms with Crippen molar-refractivity contribution in [1.82, 2.24) is 15.1 Å². The first-order valence-corrected chi connectivity index (χ1v) is 11.1. The zero-order valence-corrected chi connectivity index (χ0v) is 16.4. The van der Waals surface area contributed by atoms with Crippen LogP contribution in [0, 0.1) is 5.92 Å². The van der Waals surface area contributed by atoms with Crippen molar-refractivity contribution in [3.8, 4) is 0 Å². The zero-order chi connectivity index (χ0) is 18.2. The summed E-state index contributed by atoms with van der Waals surface area (Å²) in [4.78, 5) is 17.8. The molecule has 4 aliphatic rings. The fourth-order valence-corrected chi connectivity index (χ4v) is 5.51. The molecule has 27 heavy (non-hydrogen) atoms. The van der Waals surface area contributed by atoms with Gasteiger partial charge in [-0.2, -0.15) is 0 Å². The van der Waals surface area contributed by atoms with Gasteiger partial charge in [-0.3, -0.25) is 14.6 Å². The molecule has 3 fully saturated rings. The molecular formula is C23H33N3O. The predicted octanol–water partition coefficient (Wildman–Crippen LogP) is 2.61. The maximum atomic E-state index is 12.5. The summed E-state index contributed by atoms with van der Waals surface area (Å²) in [5.74, 6) is 0.546. The zero-order valence-electron chi connectivity index (χ0n) is 16.4. The smallest absolute Gasteiger partial charge is 0.224 e. The van der Waals surface area contributed by atoms with Gasteiger partial charge in [0.25, 0.3) is 0 Å². The van der Waals surface area contributed by atoms with E-state index in [0.717, 1.165) is 13.0 Å². The number of fused-ring (bicyclic) bond motifs is 1. The Bertz CT molecular complexity index is 653. The highest BCUT2D eigenvalue weighted by Gasteiger charge is 2.35. The second-order valence-electron chi connectivity index (χ2n) is 9.21. The van der Waals surface area contributed by atoms with E-state index in [0.29, 0.717) is 24.0 Å². The summed E-state index contributed by atoms with van der Waals surface area (Å²) in [6.45, 7) is 4.61. The van der Waals surface area contributed by atoms with E-state index in [1.165, 1.54) is 64.6 Å². The average Bonchev–Trinajstić information content (AvgIpc) is 3.42. The van der Waals surface area contributed by atoms with Gasteiger partial charge in [0.2, 0.25) is 5.91 Å². The van der Waals surface area contributed by atoms with Gasteiger partial charge in [0, 0.05) is 24.7 Å². The number of benzene rings is 1. The Hall–Kier alpha value is -1.39. The molecule has 2 saturated heterocycles. The highest BCUT2D eigenvalue weighted by atomic mass is 16.2. The largest absolute Gasteiger partial charge is 0.353 e. The van der Waals surface area contributed by atoms with E-state index >= 15 is 0 Å². The number of nitrogens with one attached hydrogen (secondary N) is 1. The number of hydrogen-bond acceptors (Lipinski definition) is 3. The van der Waals surface area contributed by atoms with Gasteiger partial charge in [-0.25, -0.2) is 0 Å². The molecule has 1 aromatic rings. The SMILES string of the molecule is O=C(NC1CC1)C1CCCN(C2CCN(C3Cc4ccccc4C3)CC2)C1. The monoisotopic (exact) mass is 367 g/mol. The quantitative estimate of drug-likeness (QED) is 0.889. The lowest BCUT2D eigenvalue weighted by atomic mass is 9.92. The number of nitrogens with zero attached hydrogens (tertiary/aromatic N) is 2. The third-order valence-corrected chi connectivity index (χ3v) is 7.31. The molecule has 146 valence electrons. The molecule has 1 N–H and O–H groups in total. The number of carbonyl (C=O) groups is 1. The van der Waals surface area contributed by atoms with Crippen LogP contribution in [-0.2, 0) is 17.6 Å². The van der Waals surface area contributed by atoms with E-state index in [1.54, 1.807) is 11.1 Å². The standard InChI is InChI=1S/C23H33N3O/c27-23(24-20-7-8-20)19-6-3-11-26(16-19)21-9-12-25(13-10-21)22-14-17-4-1-2-5-18(17)15-22/h1-2,4-5,19-22H,3,6-16H2,(H,24,27). The Morgan fingerprint density at radius 1 is 0.852 bits per heavy atom. The molecule has 1 unspecified atom stereocenters. The van der Waals surface area contributed by atoms with E-state index in [1.807, 2.05) is 0 Å². The van der Waals surface area contributed by atoms with Crippen LogP contribution in [-0.4, -0.2) is 60.0 Å². The molecule has 5 rings (SSSR count). The van der Waals surface area contributed by atoms with Gasteiger partial charge in [-0.1, -0.05) is 24.3 Å². The van der Waals surface area contributed by atoms with Gasteiger partial charge in [0.15, 0.2) is 0 Å². The summed E-state index contributed by atoms with van der Waals surface area (Å²) in [6.07, 6.45) is 9.63. The van der Waals surface area contributed by atoms with Crippen LogP contribution in [0.4, 0.5) is 0 Å². The molecule has 4 heteroatoms. The van der Waals surface area contributed by atoms with Crippen LogP contribution >= 0.6 is 0 Å². The van der Waals surface area contributed by atoms with Crippen molar-refractivity contribution >= 4 is 5.91 Å². The average molecular weight is 368 g/mol. The first kappa shape index (κ1) is 17.7.